The number of nitrogens with zero attached hydrogens (tertiary/aromatic N) is 2. The Balaban J connectivity index is 1.55. The summed E-state index contributed by atoms with van der Waals surface area (Å²) < 4.78 is 7.07. The molecule has 0 bridgehead atoms. The lowest BCUT2D eigenvalue weighted by molar-refractivity contribution is -0.134. The number of carbonyl (C=O) groups excluding carboxylic acids is 3. The number of amides is 2. The van der Waals surface area contributed by atoms with Crippen LogP contribution in [0.3, 0.4) is 0 Å². The summed E-state index contributed by atoms with van der Waals surface area (Å²) in [6.07, 6.45) is 1.07. The van der Waals surface area contributed by atoms with Crippen molar-refractivity contribution in [3.05, 3.63) is 96.2 Å². The van der Waals surface area contributed by atoms with Gasteiger partial charge in [0.1, 0.15) is 5.60 Å². The van der Waals surface area contributed by atoms with Gasteiger partial charge in [0, 0.05) is 24.2 Å². The number of carbonyl (C=O) groups is 3. The summed E-state index contributed by atoms with van der Waals surface area (Å²) in [5.74, 6) is -0.776. The fourth-order valence-corrected chi connectivity index (χ4v) is 5.94. The van der Waals surface area contributed by atoms with E-state index in [0.717, 1.165) is 37.2 Å². The van der Waals surface area contributed by atoms with Crippen LogP contribution in [0.5, 0.6) is 0 Å². The highest BCUT2D eigenvalue weighted by Crippen LogP contribution is 2.43. The Morgan fingerprint density at radius 2 is 1.27 bits per heavy atom. The topological polar surface area (TPSA) is 68.6 Å². The predicted octanol–water partition coefficient (Wildman–Crippen LogP) is 7.23. The number of aromatic nitrogens is 1. The second kappa shape index (κ2) is 8.26. The van der Waals surface area contributed by atoms with Crippen molar-refractivity contribution in [2.75, 3.05) is 7.05 Å². The number of benzene rings is 5. The van der Waals surface area contributed by atoms with Crippen LogP contribution >= 0.6 is 0 Å². The smallest absolute Gasteiger partial charge is 0.419 e. The molecule has 2 heterocycles. The normalized spacial score (nSPS) is 14.6. The van der Waals surface area contributed by atoms with E-state index in [1.807, 2.05) is 48.5 Å². The van der Waals surface area contributed by atoms with Gasteiger partial charge >= 0.3 is 6.09 Å². The Morgan fingerprint density at radius 3 is 1.98 bits per heavy atom. The van der Waals surface area contributed by atoms with Gasteiger partial charge in [-0.05, 0) is 64.7 Å². The molecule has 6 aromatic rings. The summed E-state index contributed by atoms with van der Waals surface area (Å²) in [6.45, 7) is 5.42. The van der Waals surface area contributed by atoms with Crippen LogP contribution in [0, 0.1) is 0 Å². The number of hydrogen-bond donors (Lipinski definition) is 0. The van der Waals surface area contributed by atoms with E-state index in [1.165, 1.54) is 11.6 Å². The Bertz CT molecular complexity index is 2080. The maximum absolute atomic E-state index is 13.8. The van der Waals surface area contributed by atoms with Crippen molar-refractivity contribution in [3.8, 4) is 0 Å². The number of fused-ring (bicyclic) bond motifs is 1. The van der Waals surface area contributed by atoms with E-state index >= 15 is 0 Å². The molecule has 1 aliphatic rings. The van der Waals surface area contributed by atoms with Crippen LogP contribution in [-0.2, 0) is 14.3 Å². The van der Waals surface area contributed by atoms with Crippen molar-refractivity contribution in [2.24, 2.45) is 0 Å². The zero-order chi connectivity index (χ0) is 27.9. The lowest BCUT2D eigenvalue weighted by Crippen LogP contribution is -2.27. The number of ether oxygens (including phenoxy) is 1. The lowest BCUT2D eigenvalue weighted by Gasteiger charge is -2.19. The summed E-state index contributed by atoms with van der Waals surface area (Å²) in [5.41, 5.74) is 1.72. The number of likely N-dealkylation sites (N-methyl/N-ethyl adjacent to an activating group) is 1. The minimum Gasteiger partial charge on any atom is -0.443 e. The van der Waals surface area contributed by atoms with E-state index in [2.05, 4.69) is 30.3 Å². The fourth-order valence-electron chi connectivity index (χ4n) is 5.94. The molecule has 40 heavy (non-hydrogen) atoms. The maximum Gasteiger partial charge on any atom is 0.419 e. The van der Waals surface area contributed by atoms with Crippen LogP contribution in [0.15, 0.2) is 85.1 Å². The molecule has 6 nitrogen and oxygen atoms in total. The number of para-hydroxylation sites is 1. The molecule has 0 atom stereocenters. The van der Waals surface area contributed by atoms with Crippen LogP contribution < -0.4 is 0 Å². The summed E-state index contributed by atoms with van der Waals surface area (Å²) in [7, 11) is 1.50. The second-order valence-corrected chi connectivity index (χ2v) is 11.3. The van der Waals surface area contributed by atoms with Crippen LogP contribution in [0.25, 0.3) is 54.4 Å². The average Bonchev–Trinajstić information content (AvgIpc) is 3.41. The molecule has 0 spiro atoms. The Hall–Kier alpha value is -4.97. The summed E-state index contributed by atoms with van der Waals surface area (Å²) in [6, 6.07) is 25.8. The van der Waals surface area contributed by atoms with Gasteiger partial charge in [0.05, 0.1) is 16.7 Å². The minimum absolute atomic E-state index is 0.279. The van der Waals surface area contributed by atoms with Gasteiger partial charge < -0.3 is 4.74 Å². The molecule has 0 fully saturated rings. The van der Waals surface area contributed by atoms with Crippen molar-refractivity contribution < 1.29 is 19.1 Å². The number of hydrogen-bond acceptors (Lipinski definition) is 4. The van der Waals surface area contributed by atoms with Crippen molar-refractivity contribution in [1.82, 2.24) is 9.47 Å². The highest BCUT2D eigenvalue weighted by molar-refractivity contribution is 6.51. The van der Waals surface area contributed by atoms with Crippen LogP contribution in [0.2, 0.25) is 0 Å². The molecule has 5 aromatic carbocycles. The predicted molar refractivity (Wildman–Crippen MR) is 158 cm³/mol. The number of rotatable bonds is 2. The molecule has 6 heteroatoms. The molecule has 0 unspecified atom stereocenters. The molecule has 1 aliphatic heterocycles. The zero-order valence-corrected chi connectivity index (χ0v) is 22.6. The largest absolute Gasteiger partial charge is 0.443 e. The lowest BCUT2D eigenvalue weighted by atomic mass is 9.88. The fraction of sp³-hybridized carbons (Fsp3) is 0.147. The van der Waals surface area contributed by atoms with E-state index in [0.29, 0.717) is 27.6 Å². The summed E-state index contributed by atoms with van der Waals surface area (Å²) in [5, 5.41) is 7.09. The molecule has 0 N–H and O–H groups in total. The third-order valence-corrected chi connectivity index (χ3v) is 7.66. The average molecular weight is 527 g/mol. The van der Waals surface area contributed by atoms with Gasteiger partial charge in [-0.2, -0.15) is 0 Å². The molecule has 2 amide bonds. The van der Waals surface area contributed by atoms with E-state index < -0.39 is 17.6 Å². The molecular formula is C34H26N2O4. The summed E-state index contributed by atoms with van der Waals surface area (Å²) >= 11 is 0. The highest BCUT2D eigenvalue weighted by atomic mass is 16.6. The van der Waals surface area contributed by atoms with Crippen LogP contribution in [0.4, 0.5) is 4.79 Å². The SMILES string of the molecule is CN1C(=O)C(c2ccc3ccc4cccc5ccc2c3c45)=C(c2cn(C(=O)OC(C)(C)C)c3ccccc23)C1=O. The van der Waals surface area contributed by atoms with Gasteiger partial charge in [-0.25, -0.2) is 4.79 Å². The third kappa shape index (κ3) is 3.39. The molecule has 1 aromatic heterocycles. The van der Waals surface area contributed by atoms with Crippen LogP contribution in [0.1, 0.15) is 31.9 Å². The van der Waals surface area contributed by atoms with Gasteiger partial charge in [0.25, 0.3) is 11.8 Å². The standard InChI is InChI=1S/C34H26N2O4/c1-34(2,3)40-33(39)36-18-25(22-10-5-6-11-26(22)36)30-29(31(37)35(4)32(30)38)24-17-15-21-13-12-19-8-7-9-20-14-16-23(24)28(21)27(19)20/h5-18H,1-4H3. The van der Waals surface area contributed by atoms with Crippen LogP contribution in [-0.4, -0.2) is 40.0 Å². The van der Waals surface area contributed by atoms with Gasteiger partial charge in [0.2, 0.25) is 0 Å². The monoisotopic (exact) mass is 526 g/mol. The van der Waals surface area contributed by atoms with Gasteiger partial charge in [-0.3, -0.25) is 19.1 Å². The third-order valence-electron chi connectivity index (χ3n) is 7.66. The first-order valence-corrected chi connectivity index (χ1v) is 13.2. The molecule has 0 aliphatic carbocycles. The zero-order valence-electron chi connectivity index (χ0n) is 22.6. The van der Waals surface area contributed by atoms with E-state index in [1.54, 1.807) is 27.0 Å². The molecular weight excluding hydrogens is 500 g/mol. The van der Waals surface area contributed by atoms with Gasteiger partial charge in [-0.15, -0.1) is 0 Å². The quantitative estimate of drug-likeness (QED) is 0.176. The van der Waals surface area contributed by atoms with Crippen molar-refractivity contribution >= 4 is 72.3 Å². The Labute approximate surface area is 230 Å². The highest BCUT2D eigenvalue weighted by Gasteiger charge is 2.39. The van der Waals surface area contributed by atoms with E-state index in [9.17, 15) is 14.4 Å². The molecule has 196 valence electrons. The van der Waals surface area contributed by atoms with Crippen molar-refractivity contribution in [2.45, 2.75) is 26.4 Å². The van der Waals surface area contributed by atoms with Crippen molar-refractivity contribution in [1.29, 1.82) is 0 Å². The van der Waals surface area contributed by atoms with Crippen molar-refractivity contribution in [3.63, 3.8) is 0 Å². The Morgan fingerprint density at radius 1 is 0.675 bits per heavy atom. The number of imide groups is 1. The molecule has 7 rings (SSSR count). The minimum atomic E-state index is -0.700. The van der Waals surface area contributed by atoms with Gasteiger partial charge in [0.15, 0.2) is 0 Å². The van der Waals surface area contributed by atoms with Gasteiger partial charge in [-0.1, -0.05) is 72.8 Å². The maximum atomic E-state index is 13.8. The van der Waals surface area contributed by atoms with E-state index in [4.69, 9.17) is 4.74 Å². The van der Waals surface area contributed by atoms with E-state index in [-0.39, 0.29) is 11.5 Å². The molecule has 0 saturated heterocycles. The first-order valence-electron chi connectivity index (χ1n) is 13.2. The first kappa shape index (κ1) is 24.1. The second-order valence-electron chi connectivity index (χ2n) is 11.3. The first-order chi connectivity index (χ1) is 19.1. The molecule has 0 radical (unpaired) electrons. The summed E-state index contributed by atoms with van der Waals surface area (Å²) in [4.78, 5) is 41.9. The Kier molecular flexibility index (Phi) is 4.98. The molecule has 0 saturated carbocycles.